The van der Waals surface area contributed by atoms with Crippen LogP contribution >= 0.6 is 23.2 Å². The van der Waals surface area contributed by atoms with Gasteiger partial charge in [-0.15, -0.1) is 11.6 Å². The highest BCUT2D eigenvalue weighted by Crippen LogP contribution is 2.25. The van der Waals surface area contributed by atoms with E-state index in [-0.39, 0.29) is 10.9 Å². The number of rotatable bonds is 7. The Labute approximate surface area is 121 Å². The maximum atomic E-state index is 10.5. The summed E-state index contributed by atoms with van der Waals surface area (Å²) in [4.78, 5) is 10.1. The van der Waals surface area contributed by atoms with Crippen LogP contribution < -0.4 is 5.43 Å². The first-order chi connectivity index (χ1) is 9.06. The fourth-order valence-corrected chi connectivity index (χ4v) is 1.73. The second kappa shape index (κ2) is 7.96. The largest absolute Gasteiger partial charge is 0.309 e. The maximum absolute atomic E-state index is 10.5. The van der Waals surface area contributed by atoms with Crippen molar-refractivity contribution in [3.8, 4) is 0 Å². The van der Waals surface area contributed by atoms with Crippen molar-refractivity contribution in [3.05, 3.63) is 39.9 Å². The van der Waals surface area contributed by atoms with Crippen LogP contribution in [0.2, 0.25) is 0 Å². The maximum Gasteiger partial charge on any atom is 0.269 e. The number of benzene rings is 1. The van der Waals surface area contributed by atoms with E-state index in [0.29, 0.717) is 5.56 Å². The van der Waals surface area contributed by atoms with Crippen LogP contribution in [-0.2, 0) is 0 Å². The quantitative estimate of drug-likeness (QED) is 0.274. The van der Waals surface area contributed by atoms with E-state index in [9.17, 15) is 10.1 Å². The smallest absolute Gasteiger partial charge is 0.269 e. The molecule has 0 aliphatic rings. The Morgan fingerprint density at radius 2 is 2.11 bits per heavy atom. The van der Waals surface area contributed by atoms with Crippen molar-refractivity contribution in [3.63, 3.8) is 0 Å². The summed E-state index contributed by atoms with van der Waals surface area (Å²) >= 11 is 12.1. The SMILES string of the molecule is CCCCN/N=C(\Cl)C(Cl)c1ccc([N+](=O)[O-])cc1. The number of alkyl halides is 1. The molecule has 0 saturated carbocycles. The Hall–Kier alpha value is -1.33. The molecule has 1 aromatic carbocycles. The zero-order valence-corrected chi connectivity index (χ0v) is 12.0. The lowest BCUT2D eigenvalue weighted by Gasteiger charge is -2.08. The van der Waals surface area contributed by atoms with E-state index in [0.717, 1.165) is 19.4 Å². The van der Waals surface area contributed by atoms with Crippen molar-refractivity contribution >= 4 is 34.1 Å². The van der Waals surface area contributed by atoms with Crippen LogP contribution in [0.3, 0.4) is 0 Å². The Balaban J connectivity index is 2.65. The van der Waals surface area contributed by atoms with E-state index in [4.69, 9.17) is 23.2 Å². The van der Waals surface area contributed by atoms with Crippen LogP contribution in [0.15, 0.2) is 29.4 Å². The van der Waals surface area contributed by atoms with Crippen molar-refractivity contribution in [1.29, 1.82) is 0 Å². The number of hydrogen-bond donors (Lipinski definition) is 1. The molecule has 0 aliphatic carbocycles. The molecule has 0 radical (unpaired) electrons. The molecule has 0 fully saturated rings. The van der Waals surface area contributed by atoms with E-state index in [1.807, 2.05) is 0 Å². The minimum absolute atomic E-state index is 0.0155. The van der Waals surface area contributed by atoms with Crippen molar-refractivity contribution in [2.45, 2.75) is 25.1 Å². The molecule has 0 aliphatic heterocycles. The van der Waals surface area contributed by atoms with Gasteiger partial charge in [0, 0.05) is 18.7 Å². The summed E-state index contributed by atoms with van der Waals surface area (Å²) in [6.07, 6.45) is 2.06. The average Bonchev–Trinajstić information content (AvgIpc) is 2.42. The summed E-state index contributed by atoms with van der Waals surface area (Å²) < 4.78 is 0. The third-order valence-corrected chi connectivity index (χ3v) is 3.31. The molecule has 0 amide bonds. The van der Waals surface area contributed by atoms with Crippen molar-refractivity contribution in [1.82, 2.24) is 5.43 Å². The van der Waals surface area contributed by atoms with Crippen LogP contribution in [0, 0.1) is 10.1 Å². The Bertz CT molecular complexity index is 449. The summed E-state index contributed by atoms with van der Waals surface area (Å²) in [5.74, 6) is 0. The number of halogens is 2. The zero-order valence-electron chi connectivity index (χ0n) is 10.5. The molecule has 104 valence electrons. The predicted molar refractivity (Wildman–Crippen MR) is 77.9 cm³/mol. The van der Waals surface area contributed by atoms with E-state index in [1.165, 1.54) is 12.1 Å². The van der Waals surface area contributed by atoms with Crippen LogP contribution in [-0.4, -0.2) is 16.6 Å². The molecule has 0 bridgehead atoms. The number of hydrogen-bond acceptors (Lipinski definition) is 4. The van der Waals surface area contributed by atoms with Gasteiger partial charge in [0.25, 0.3) is 5.69 Å². The number of nitro groups is 1. The Kier molecular flexibility index (Phi) is 6.59. The van der Waals surface area contributed by atoms with Gasteiger partial charge in [-0.25, -0.2) is 0 Å². The van der Waals surface area contributed by atoms with Gasteiger partial charge in [-0.1, -0.05) is 37.1 Å². The van der Waals surface area contributed by atoms with E-state index in [2.05, 4.69) is 17.5 Å². The lowest BCUT2D eigenvalue weighted by atomic mass is 10.1. The molecule has 1 unspecified atom stereocenters. The highest BCUT2D eigenvalue weighted by atomic mass is 35.5. The van der Waals surface area contributed by atoms with Crippen LogP contribution in [0.4, 0.5) is 5.69 Å². The molecule has 0 heterocycles. The number of unbranched alkanes of at least 4 members (excludes halogenated alkanes) is 1. The number of nitrogens with one attached hydrogen (secondary N) is 1. The van der Waals surface area contributed by atoms with Crippen LogP contribution in [0.5, 0.6) is 0 Å². The lowest BCUT2D eigenvalue weighted by Crippen LogP contribution is -2.11. The van der Waals surface area contributed by atoms with Crippen LogP contribution in [0.1, 0.15) is 30.7 Å². The molecule has 5 nitrogen and oxygen atoms in total. The molecule has 0 saturated heterocycles. The van der Waals surface area contributed by atoms with Gasteiger partial charge in [-0.3, -0.25) is 10.1 Å². The summed E-state index contributed by atoms with van der Waals surface area (Å²) in [6, 6.07) is 5.91. The molecule has 7 heteroatoms. The third kappa shape index (κ3) is 5.04. The molecule has 1 rings (SSSR count). The molecule has 0 spiro atoms. The zero-order chi connectivity index (χ0) is 14.3. The minimum atomic E-state index is -0.614. The van der Waals surface area contributed by atoms with E-state index >= 15 is 0 Å². The molecule has 19 heavy (non-hydrogen) atoms. The molecular weight excluding hydrogens is 289 g/mol. The standard InChI is InChI=1S/C12H15Cl2N3O2/c1-2-3-8-15-16-12(14)11(13)9-4-6-10(7-5-9)17(18)19/h4-7,11,15H,2-3,8H2,1H3/b16-12-. The van der Waals surface area contributed by atoms with Crippen molar-refractivity contribution in [2.75, 3.05) is 6.54 Å². The monoisotopic (exact) mass is 303 g/mol. The summed E-state index contributed by atoms with van der Waals surface area (Å²) in [6.45, 7) is 2.81. The average molecular weight is 304 g/mol. The predicted octanol–water partition coefficient (Wildman–Crippen LogP) is 3.82. The topological polar surface area (TPSA) is 67.5 Å². The fraction of sp³-hybridized carbons (Fsp3) is 0.417. The van der Waals surface area contributed by atoms with Gasteiger partial charge >= 0.3 is 0 Å². The van der Waals surface area contributed by atoms with E-state index < -0.39 is 10.3 Å². The van der Waals surface area contributed by atoms with Crippen molar-refractivity contribution < 1.29 is 4.92 Å². The Morgan fingerprint density at radius 3 is 2.63 bits per heavy atom. The summed E-state index contributed by atoms with van der Waals surface area (Å²) in [7, 11) is 0. The van der Waals surface area contributed by atoms with Gasteiger partial charge < -0.3 is 5.43 Å². The fourth-order valence-electron chi connectivity index (χ4n) is 1.35. The summed E-state index contributed by atoms with van der Waals surface area (Å²) in [5, 5.41) is 14.1. The lowest BCUT2D eigenvalue weighted by molar-refractivity contribution is -0.384. The second-order valence-electron chi connectivity index (χ2n) is 3.91. The van der Waals surface area contributed by atoms with Gasteiger partial charge in [0.1, 0.15) is 10.5 Å². The molecule has 1 N–H and O–H groups in total. The van der Waals surface area contributed by atoms with Gasteiger partial charge in [0.15, 0.2) is 0 Å². The second-order valence-corrected chi connectivity index (χ2v) is 4.73. The normalized spacial score (nSPS) is 13.1. The van der Waals surface area contributed by atoms with Gasteiger partial charge in [0.2, 0.25) is 0 Å². The number of hydrazone groups is 1. The van der Waals surface area contributed by atoms with Gasteiger partial charge in [-0.2, -0.15) is 5.10 Å². The molecule has 0 aromatic heterocycles. The first-order valence-corrected chi connectivity index (χ1v) is 6.72. The third-order valence-electron chi connectivity index (χ3n) is 2.43. The highest BCUT2D eigenvalue weighted by molar-refractivity contribution is 6.70. The molecule has 1 aromatic rings. The highest BCUT2D eigenvalue weighted by Gasteiger charge is 2.15. The molecular formula is C12H15Cl2N3O2. The van der Waals surface area contributed by atoms with E-state index in [1.54, 1.807) is 12.1 Å². The first-order valence-electron chi connectivity index (χ1n) is 5.90. The van der Waals surface area contributed by atoms with Crippen LogP contribution in [0.25, 0.3) is 0 Å². The summed E-state index contributed by atoms with van der Waals surface area (Å²) in [5.41, 5.74) is 3.51. The number of nitrogens with zero attached hydrogens (tertiary/aromatic N) is 2. The van der Waals surface area contributed by atoms with Gasteiger partial charge in [0.05, 0.1) is 4.92 Å². The Morgan fingerprint density at radius 1 is 1.47 bits per heavy atom. The first kappa shape index (κ1) is 15.7. The molecule has 1 atom stereocenters. The number of nitro benzene ring substituents is 1. The minimum Gasteiger partial charge on any atom is -0.309 e. The number of non-ortho nitro benzene ring substituents is 1. The van der Waals surface area contributed by atoms with Crippen molar-refractivity contribution in [2.24, 2.45) is 5.10 Å². The van der Waals surface area contributed by atoms with Gasteiger partial charge in [-0.05, 0) is 12.0 Å².